The van der Waals surface area contributed by atoms with Gasteiger partial charge in [-0.3, -0.25) is 9.59 Å². The van der Waals surface area contributed by atoms with Gasteiger partial charge in [0.25, 0.3) is 11.8 Å². The number of hydrogen-bond donors (Lipinski definition) is 2. The molecule has 0 spiro atoms. The molecule has 182 valence electrons. The van der Waals surface area contributed by atoms with E-state index in [9.17, 15) is 18.8 Å². The fourth-order valence-corrected chi connectivity index (χ4v) is 4.07. The molecule has 1 unspecified atom stereocenters. The summed E-state index contributed by atoms with van der Waals surface area (Å²) in [5.74, 6) is -1.59. The number of anilines is 1. The molecule has 7 nitrogen and oxygen atoms in total. The highest BCUT2D eigenvalue weighted by Gasteiger charge is 2.28. The van der Waals surface area contributed by atoms with Crippen LogP contribution >= 0.6 is 15.9 Å². The number of carbonyl (C=O) groups is 3. The number of likely N-dealkylation sites (tertiary alicyclic amines) is 1. The summed E-state index contributed by atoms with van der Waals surface area (Å²) in [6.45, 7) is 6.96. The minimum Gasteiger partial charge on any atom is -0.444 e. The topological polar surface area (TPSA) is 87.7 Å². The van der Waals surface area contributed by atoms with Crippen LogP contribution in [0, 0.1) is 11.7 Å². The Morgan fingerprint density at radius 2 is 1.85 bits per heavy atom. The zero-order chi connectivity index (χ0) is 24.9. The second-order valence-electron chi connectivity index (χ2n) is 9.27. The van der Waals surface area contributed by atoms with Gasteiger partial charge in [0.05, 0.1) is 16.8 Å². The third-order valence-corrected chi connectivity index (χ3v) is 5.81. The van der Waals surface area contributed by atoms with Crippen molar-refractivity contribution in [2.45, 2.75) is 39.2 Å². The molecule has 2 aromatic rings. The van der Waals surface area contributed by atoms with Crippen LogP contribution in [0.2, 0.25) is 0 Å². The zero-order valence-electron chi connectivity index (χ0n) is 19.5. The van der Waals surface area contributed by atoms with Crippen LogP contribution in [-0.4, -0.2) is 48.0 Å². The number of benzene rings is 2. The predicted octanol–water partition coefficient (Wildman–Crippen LogP) is 5.22. The third kappa shape index (κ3) is 7.03. The number of rotatable bonds is 5. The average Bonchev–Trinajstić information content (AvgIpc) is 2.78. The summed E-state index contributed by atoms with van der Waals surface area (Å²) in [6, 6.07) is 10.5. The molecular formula is C25H29BrFN3O4. The summed E-state index contributed by atoms with van der Waals surface area (Å²) < 4.78 is 20.1. The third-order valence-electron chi connectivity index (χ3n) is 5.31. The predicted molar refractivity (Wildman–Crippen MR) is 131 cm³/mol. The Bertz CT molecular complexity index is 1070. The number of ether oxygens (including phenoxy) is 1. The lowest BCUT2D eigenvalue weighted by molar-refractivity contribution is 0.0167. The van der Waals surface area contributed by atoms with Crippen molar-refractivity contribution in [2.75, 3.05) is 25.0 Å². The molecule has 1 aliphatic heterocycles. The van der Waals surface area contributed by atoms with Crippen LogP contribution in [-0.2, 0) is 4.74 Å². The van der Waals surface area contributed by atoms with Crippen molar-refractivity contribution in [1.82, 2.24) is 10.2 Å². The number of carbonyl (C=O) groups excluding carboxylic acids is 3. The van der Waals surface area contributed by atoms with E-state index in [1.54, 1.807) is 29.2 Å². The van der Waals surface area contributed by atoms with Gasteiger partial charge in [0.2, 0.25) is 0 Å². The van der Waals surface area contributed by atoms with Crippen molar-refractivity contribution in [3.63, 3.8) is 0 Å². The van der Waals surface area contributed by atoms with Crippen LogP contribution in [0.5, 0.6) is 0 Å². The summed E-state index contributed by atoms with van der Waals surface area (Å²) in [4.78, 5) is 39.6. The number of amides is 3. The molecule has 1 fully saturated rings. The lowest BCUT2D eigenvalue weighted by Crippen LogP contribution is -2.45. The van der Waals surface area contributed by atoms with E-state index in [2.05, 4.69) is 26.6 Å². The Morgan fingerprint density at radius 1 is 1.12 bits per heavy atom. The Labute approximate surface area is 207 Å². The van der Waals surface area contributed by atoms with Gasteiger partial charge in [0.15, 0.2) is 0 Å². The molecule has 3 rings (SSSR count). The van der Waals surface area contributed by atoms with E-state index in [4.69, 9.17) is 4.74 Å². The van der Waals surface area contributed by atoms with Crippen molar-refractivity contribution < 1.29 is 23.5 Å². The minimum absolute atomic E-state index is 0.0776. The van der Waals surface area contributed by atoms with Crippen molar-refractivity contribution >= 4 is 39.5 Å². The number of nitrogens with one attached hydrogen (secondary N) is 2. The lowest BCUT2D eigenvalue weighted by Gasteiger charge is -2.34. The normalized spacial score (nSPS) is 16.0. The monoisotopic (exact) mass is 533 g/mol. The molecule has 2 N–H and O–H groups in total. The fraction of sp³-hybridized carbons (Fsp3) is 0.400. The van der Waals surface area contributed by atoms with Gasteiger partial charge >= 0.3 is 6.09 Å². The molecule has 0 radical (unpaired) electrons. The molecular weight excluding hydrogens is 505 g/mol. The van der Waals surface area contributed by atoms with Gasteiger partial charge in [0.1, 0.15) is 11.4 Å². The Kier molecular flexibility index (Phi) is 8.30. The van der Waals surface area contributed by atoms with Crippen LogP contribution in [0.15, 0.2) is 46.9 Å². The first-order valence-electron chi connectivity index (χ1n) is 11.1. The smallest absolute Gasteiger partial charge is 0.410 e. The fourth-order valence-electron chi connectivity index (χ4n) is 3.70. The summed E-state index contributed by atoms with van der Waals surface area (Å²) >= 11 is 3.35. The van der Waals surface area contributed by atoms with Crippen molar-refractivity contribution in [2.24, 2.45) is 5.92 Å². The van der Waals surface area contributed by atoms with Gasteiger partial charge in [-0.2, -0.15) is 0 Å². The molecule has 0 aromatic heterocycles. The number of halogens is 2. The number of nitrogens with zero attached hydrogens (tertiary/aromatic N) is 1. The van der Waals surface area contributed by atoms with Crippen LogP contribution in [0.4, 0.5) is 14.9 Å². The molecule has 0 saturated carbocycles. The molecule has 3 amide bonds. The summed E-state index contributed by atoms with van der Waals surface area (Å²) in [6.07, 6.45) is 1.34. The van der Waals surface area contributed by atoms with Gasteiger partial charge in [-0.05, 0) is 69.9 Å². The van der Waals surface area contributed by atoms with E-state index >= 15 is 0 Å². The summed E-state index contributed by atoms with van der Waals surface area (Å²) in [5.41, 5.74) is -0.157. The van der Waals surface area contributed by atoms with Gasteiger partial charge in [-0.25, -0.2) is 9.18 Å². The number of piperidine rings is 1. The van der Waals surface area contributed by atoms with Gasteiger partial charge < -0.3 is 20.3 Å². The highest BCUT2D eigenvalue weighted by molar-refractivity contribution is 9.10. The van der Waals surface area contributed by atoms with E-state index in [0.29, 0.717) is 24.1 Å². The number of hydrogen-bond acceptors (Lipinski definition) is 4. The highest BCUT2D eigenvalue weighted by Crippen LogP contribution is 2.23. The van der Waals surface area contributed by atoms with Crippen molar-refractivity contribution in [3.05, 3.63) is 63.9 Å². The second kappa shape index (κ2) is 11.0. The van der Waals surface area contributed by atoms with Crippen LogP contribution in [0.1, 0.15) is 54.3 Å². The molecule has 1 saturated heterocycles. The maximum Gasteiger partial charge on any atom is 0.410 e. The minimum atomic E-state index is -0.644. The summed E-state index contributed by atoms with van der Waals surface area (Å²) in [5, 5.41) is 5.53. The maximum absolute atomic E-state index is 14.0. The molecule has 0 aliphatic carbocycles. The average molecular weight is 534 g/mol. The lowest BCUT2D eigenvalue weighted by atomic mass is 9.98. The van der Waals surface area contributed by atoms with Gasteiger partial charge in [0, 0.05) is 24.1 Å². The van der Waals surface area contributed by atoms with Crippen LogP contribution in [0.3, 0.4) is 0 Å². The van der Waals surface area contributed by atoms with E-state index in [1.807, 2.05) is 20.8 Å². The van der Waals surface area contributed by atoms with Gasteiger partial charge in [-0.15, -0.1) is 0 Å². The highest BCUT2D eigenvalue weighted by atomic mass is 79.9. The molecule has 1 aliphatic rings. The Morgan fingerprint density at radius 3 is 2.56 bits per heavy atom. The van der Waals surface area contributed by atoms with Crippen LogP contribution in [0.25, 0.3) is 0 Å². The van der Waals surface area contributed by atoms with Crippen molar-refractivity contribution in [1.29, 1.82) is 0 Å². The molecule has 9 heteroatoms. The van der Waals surface area contributed by atoms with E-state index in [-0.39, 0.29) is 34.7 Å². The zero-order valence-corrected chi connectivity index (χ0v) is 21.1. The summed E-state index contributed by atoms with van der Waals surface area (Å²) in [7, 11) is 0. The first kappa shape index (κ1) is 25.7. The van der Waals surface area contributed by atoms with E-state index in [1.165, 1.54) is 18.2 Å². The first-order valence-corrected chi connectivity index (χ1v) is 11.9. The standard InChI is InChI=1S/C25H29BrFN3O4/c1-25(2,3)34-24(33)30-12-6-7-16(15-30)14-28-22(31)19-13-17(26)10-11-21(19)29-23(32)18-8-4-5-9-20(18)27/h4-5,8-11,13,16H,6-7,12,14-15H2,1-3H3,(H,28,31)(H,29,32). The SMILES string of the molecule is CC(C)(C)OC(=O)N1CCCC(CNC(=O)c2cc(Br)ccc2NC(=O)c2ccccc2F)C1. The second-order valence-corrected chi connectivity index (χ2v) is 10.2. The van der Waals surface area contributed by atoms with E-state index in [0.717, 1.165) is 12.8 Å². The molecule has 0 bridgehead atoms. The maximum atomic E-state index is 14.0. The Hall–Kier alpha value is -2.94. The molecule has 2 aromatic carbocycles. The first-order chi connectivity index (χ1) is 16.0. The Balaban J connectivity index is 1.65. The molecule has 34 heavy (non-hydrogen) atoms. The largest absolute Gasteiger partial charge is 0.444 e. The van der Waals surface area contributed by atoms with Crippen molar-refractivity contribution in [3.8, 4) is 0 Å². The molecule has 1 heterocycles. The van der Waals surface area contributed by atoms with E-state index < -0.39 is 17.3 Å². The van der Waals surface area contributed by atoms with Gasteiger partial charge in [-0.1, -0.05) is 28.1 Å². The quantitative estimate of drug-likeness (QED) is 0.551. The van der Waals surface area contributed by atoms with Crippen LogP contribution < -0.4 is 10.6 Å². The molecule has 1 atom stereocenters.